The number of anilines is 1. The zero-order valence-electron chi connectivity index (χ0n) is 10.1. The van der Waals surface area contributed by atoms with Crippen LogP contribution in [0.5, 0.6) is 11.5 Å². The monoisotopic (exact) mass is 237 g/mol. The third-order valence-corrected chi connectivity index (χ3v) is 2.54. The van der Waals surface area contributed by atoms with Crippen LogP contribution in [0.1, 0.15) is 0 Å². The van der Waals surface area contributed by atoms with E-state index in [0.29, 0.717) is 24.2 Å². The quantitative estimate of drug-likeness (QED) is 0.866. The molecule has 2 N–H and O–H groups in total. The minimum Gasteiger partial charge on any atom is -0.493 e. The summed E-state index contributed by atoms with van der Waals surface area (Å²) < 4.78 is 17.3. The van der Waals surface area contributed by atoms with Crippen molar-refractivity contribution >= 4 is 17.0 Å². The fraction of sp³-hybridized carbons (Fsp3) is 0.364. The topological polar surface area (TPSA) is 71.5 Å². The number of fused-ring (bicyclic) bond motifs is 1. The molecule has 6 heteroatoms. The van der Waals surface area contributed by atoms with Gasteiger partial charge in [-0.15, -0.1) is 0 Å². The number of nitrogens with zero attached hydrogens (tertiary/aromatic N) is 2. The largest absolute Gasteiger partial charge is 0.493 e. The summed E-state index contributed by atoms with van der Waals surface area (Å²) in [7, 11) is 4.77. The first-order chi connectivity index (χ1) is 8.21. The molecular weight excluding hydrogens is 222 g/mol. The van der Waals surface area contributed by atoms with Gasteiger partial charge in [0.25, 0.3) is 0 Å². The van der Waals surface area contributed by atoms with Crippen LogP contribution >= 0.6 is 0 Å². The summed E-state index contributed by atoms with van der Waals surface area (Å²) >= 11 is 0. The molecule has 0 aliphatic rings. The van der Waals surface area contributed by atoms with Crippen molar-refractivity contribution in [2.24, 2.45) is 0 Å². The number of nitrogens with two attached hydrogens (primary N) is 1. The van der Waals surface area contributed by atoms with Crippen LogP contribution < -0.4 is 15.2 Å². The summed E-state index contributed by atoms with van der Waals surface area (Å²) in [6.45, 7) is 0.345. The Balaban J connectivity index is 2.65. The smallest absolute Gasteiger partial charge is 0.203 e. The molecule has 0 fully saturated rings. The van der Waals surface area contributed by atoms with Crippen LogP contribution in [0, 0.1) is 0 Å². The average Bonchev–Trinajstić information content (AvgIpc) is 2.64. The van der Waals surface area contributed by atoms with Crippen molar-refractivity contribution in [1.29, 1.82) is 0 Å². The summed E-state index contributed by atoms with van der Waals surface area (Å²) in [5.41, 5.74) is 7.41. The standard InChI is InChI=1S/C11H15N3O3/c1-15-6-14-8-5-10(17-3)9(16-2)4-7(8)13-11(14)12/h4-5H,6H2,1-3H3,(H2,12,13). The van der Waals surface area contributed by atoms with E-state index in [1.165, 1.54) is 0 Å². The number of ether oxygens (including phenoxy) is 3. The molecule has 92 valence electrons. The van der Waals surface area contributed by atoms with Crippen molar-refractivity contribution in [2.75, 3.05) is 27.1 Å². The molecule has 0 amide bonds. The van der Waals surface area contributed by atoms with Crippen LogP contribution in [0.3, 0.4) is 0 Å². The predicted octanol–water partition coefficient (Wildman–Crippen LogP) is 1.24. The zero-order valence-corrected chi connectivity index (χ0v) is 10.1. The van der Waals surface area contributed by atoms with E-state index in [2.05, 4.69) is 4.98 Å². The second kappa shape index (κ2) is 4.50. The van der Waals surface area contributed by atoms with Gasteiger partial charge in [0, 0.05) is 19.2 Å². The Kier molecular flexibility index (Phi) is 3.06. The lowest BCUT2D eigenvalue weighted by Gasteiger charge is -2.08. The molecule has 0 atom stereocenters. The number of methoxy groups -OCH3 is 3. The van der Waals surface area contributed by atoms with Gasteiger partial charge in [0.2, 0.25) is 5.95 Å². The molecule has 0 saturated carbocycles. The average molecular weight is 237 g/mol. The summed E-state index contributed by atoms with van der Waals surface area (Å²) in [5.74, 6) is 1.66. The summed E-state index contributed by atoms with van der Waals surface area (Å²) in [4.78, 5) is 4.24. The van der Waals surface area contributed by atoms with E-state index in [0.717, 1.165) is 11.0 Å². The molecule has 1 heterocycles. The van der Waals surface area contributed by atoms with Gasteiger partial charge < -0.3 is 19.9 Å². The molecule has 17 heavy (non-hydrogen) atoms. The lowest BCUT2D eigenvalue weighted by molar-refractivity contribution is 0.136. The van der Waals surface area contributed by atoms with E-state index in [4.69, 9.17) is 19.9 Å². The zero-order chi connectivity index (χ0) is 12.4. The fourth-order valence-corrected chi connectivity index (χ4v) is 1.74. The van der Waals surface area contributed by atoms with Gasteiger partial charge in [0.05, 0.1) is 25.3 Å². The second-order valence-electron chi connectivity index (χ2n) is 3.51. The van der Waals surface area contributed by atoms with E-state index >= 15 is 0 Å². The molecule has 0 spiro atoms. The van der Waals surface area contributed by atoms with Gasteiger partial charge >= 0.3 is 0 Å². The summed E-state index contributed by atoms with van der Waals surface area (Å²) in [6, 6.07) is 3.62. The van der Waals surface area contributed by atoms with Crippen molar-refractivity contribution in [1.82, 2.24) is 9.55 Å². The number of nitrogen functional groups attached to an aromatic ring is 1. The van der Waals surface area contributed by atoms with E-state index in [-0.39, 0.29) is 0 Å². The predicted molar refractivity (Wildman–Crippen MR) is 64.3 cm³/mol. The Morgan fingerprint density at radius 3 is 2.41 bits per heavy atom. The van der Waals surface area contributed by atoms with Crippen LogP contribution in [0.25, 0.3) is 11.0 Å². The van der Waals surface area contributed by atoms with E-state index in [1.54, 1.807) is 32.0 Å². The van der Waals surface area contributed by atoms with E-state index < -0.39 is 0 Å². The van der Waals surface area contributed by atoms with Gasteiger partial charge in [0.15, 0.2) is 11.5 Å². The molecule has 0 aliphatic heterocycles. The Bertz CT molecular complexity index is 536. The van der Waals surface area contributed by atoms with Crippen LogP contribution in [-0.2, 0) is 11.5 Å². The Morgan fingerprint density at radius 1 is 1.18 bits per heavy atom. The SMILES string of the molecule is COCn1c(N)nc2cc(OC)c(OC)cc21. The van der Waals surface area contributed by atoms with Gasteiger partial charge in [-0.3, -0.25) is 4.57 Å². The van der Waals surface area contributed by atoms with Gasteiger partial charge in [-0.1, -0.05) is 0 Å². The highest BCUT2D eigenvalue weighted by Gasteiger charge is 2.13. The van der Waals surface area contributed by atoms with Gasteiger partial charge in [0.1, 0.15) is 6.73 Å². The normalized spacial score (nSPS) is 10.8. The molecule has 6 nitrogen and oxygen atoms in total. The molecule has 0 aliphatic carbocycles. The van der Waals surface area contributed by atoms with Gasteiger partial charge in [-0.2, -0.15) is 0 Å². The Labute approximate surface area is 98.9 Å². The summed E-state index contributed by atoms with van der Waals surface area (Å²) in [5, 5.41) is 0. The highest BCUT2D eigenvalue weighted by Crippen LogP contribution is 2.32. The molecule has 0 bridgehead atoms. The molecule has 1 aromatic carbocycles. The van der Waals surface area contributed by atoms with Crippen molar-refractivity contribution in [3.8, 4) is 11.5 Å². The lowest BCUT2D eigenvalue weighted by atomic mass is 10.2. The van der Waals surface area contributed by atoms with E-state index in [1.807, 2.05) is 6.07 Å². The molecule has 2 aromatic rings. The van der Waals surface area contributed by atoms with Crippen LogP contribution in [0.15, 0.2) is 12.1 Å². The molecule has 1 aromatic heterocycles. The van der Waals surface area contributed by atoms with Crippen molar-refractivity contribution in [2.45, 2.75) is 6.73 Å². The molecule has 2 rings (SSSR count). The minimum absolute atomic E-state index is 0.345. The number of aromatic nitrogens is 2. The first-order valence-electron chi connectivity index (χ1n) is 5.08. The van der Waals surface area contributed by atoms with Crippen LogP contribution in [-0.4, -0.2) is 30.9 Å². The number of rotatable bonds is 4. The summed E-state index contributed by atoms with van der Waals surface area (Å²) in [6.07, 6.45) is 0. The highest BCUT2D eigenvalue weighted by molar-refractivity contribution is 5.82. The van der Waals surface area contributed by atoms with Gasteiger partial charge in [-0.25, -0.2) is 4.98 Å². The lowest BCUT2D eigenvalue weighted by Crippen LogP contribution is -2.04. The highest BCUT2D eigenvalue weighted by atomic mass is 16.5. The third kappa shape index (κ3) is 1.87. The second-order valence-corrected chi connectivity index (χ2v) is 3.51. The third-order valence-electron chi connectivity index (χ3n) is 2.54. The molecule has 0 radical (unpaired) electrons. The number of hydrogen-bond acceptors (Lipinski definition) is 5. The maximum atomic E-state index is 5.81. The Morgan fingerprint density at radius 2 is 1.82 bits per heavy atom. The maximum absolute atomic E-state index is 5.81. The molecule has 0 unspecified atom stereocenters. The molecule has 0 saturated heterocycles. The minimum atomic E-state index is 0.345. The van der Waals surface area contributed by atoms with Crippen LogP contribution in [0.2, 0.25) is 0 Å². The first kappa shape index (κ1) is 11.5. The number of benzene rings is 1. The Hall–Kier alpha value is -1.95. The molecular formula is C11H15N3O3. The first-order valence-corrected chi connectivity index (χ1v) is 5.08. The fourth-order valence-electron chi connectivity index (χ4n) is 1.74. The maximum Gasteiger partial charge on any atom is 0.203 e. The van der Waals surface area contributed by atoms with Crippen molar-refractivity contribution < 1.29 is 14.2 Å². The number of imidazole rings is 1. The van der Waals surface area contributed by atoms with Crippen LogP contribution in [0.4, 0.5) is 5.95 Å². The number of hydrogen-bond donors (Lipinski definition) is 1. The van der Waals surface area contributed by atoms with E-state index in [9.17, 15) is 0 Å². The van der Waals surface area contributed by atoms with Crippen molar-refractivity contribution in [3.05, 3.63) is 12.1 Å². The van der Waals surface area contributed by atoms with Gasteiger partial charge in [-0.05, 0) is 0 Å². The van der Waals surface area contributed by atoms with Crippen molar-refractivity contribution in [3.63, 3.8) is 0 Å².